The Morgan fingerprint density at radius 3 is 3.12 bits per heavy atom. The van der Waals surface area contributed by atoms with Crippen LogP contribution in [0.25, 0.3) is 0 Å². The number of nitrogens with zero attached hydrogens (tertiary/aromatic N) is 3. The number of aryl methyl sites for hydroxylation is 2. The number of rotatable bonds is 4. The number of hydrogen-bond acceptors (Lipinski definition) is 5. The quantitative estimate of drug-likeness (QED) is 0.791. The molecule has 2 heterocycles. The Kier molecular flexibility index (Phi) is 2.95. The molecule has 0 saturated carbocycles. The van der Waals surface area contributed by atoms with Crippen LogP contribution in [0, 0.1) is 6.92 Å². The molecule has 0 atom stereocenters. The van der Waals surface area contributed by atoms with E-state index >= 15 is 0 Å². The molecule has 0 radical (unpaired) electrons. The number of carbonyl (C=O) groups is 1. The summed E-state index contributed by atoms with van der Waals surface area (Å²) in [5.74, 6) is 1.49. The predicted octanol–water partition coefficient (Wildman–Crippen LogP) is 0.672. The Morgan fingerprint density at radius 2 is 2.50 bits per heavy atom. The number of aromatic nitrogens is 4. The van der Waals surface area contributed by atoms with Crippen LogP contribution >= 0.6 is 0 Å². The summed E-state index contributed by atoms with van der Waals surface area (Å²) in [7, 11) is 0. The lowest BCUT2D eigenvalue weighted by atomic mass is 10.3. The molecule has 2 aromatic rings. The summed E-state index contributed by atoms with van der Waals surface area (Å²) in [5, 5.41) is 12.6. The van der Waals surface area contributed by atoms with Gasteiger partial charge in [-0.25, -0.2) is 0 Å². The minimum absolute atomic E-state index is 0.125. The normalized spacial score (nSPS) is 10.3. The summed E-state index contributed by atoms with van der Waals surface area (Å²) in [6, 6.07) is 1.68. The second kappa shape index (κ2) is 4.56. The molecular formula is C9H11N5O2. The molecule has 0 saturated heterocycles. The Balaban J connectivity index is 1.80. The summed E-state index contributed by atoms with van der Waals surface area (Å²) in [6.45, 7) is 1.73. The van der Waals surface area contributed by atoms with Crippen LogP contribution in [0.1, 0.15) is 18.1 Å². The van der Waals surface area contributed by atoms with E-state index in [1.54, 1.807) is 19.2 Å². The van der Waals surface area contributed by atoms with Gasteiger partial charge in [0.2, 0.25) is 11.8 Å². The zero-order chi connectivity index (χ0) is 11.4. The van der Waals surface area contributed by atoms with Gasteiger partial charge in [-0.2, -0.15) is 10.1 Å². The molecule has 0 unspecified atom stereocenters. The van der Waals surface area contributed by atoms with Crippen LogP contribution in [0.2, 0.25) is 0 Å². The first-order valence-electron chi connectivity index (χ1n) is 4.82. The largest absolute Gasteiger partial charge is 0.339 e. The third-order valence-electron chi connectivity index (χ3n) is 1.91. The zero-order valence-corrected chi connectivity index (χ0v) is 8.73. The number of hydrogen-bond donors (Lipinski definition) is 2. The predicted molar refractivity (Wildman–Crippen MR) is 54.6 cm³/mol. The molecule has 2 rings (SSSR count). The van der Waals surface area contributed by atoms with Crippen molar-refractivity contribution in [1.29, 1.82) is 0 Å². The van der Waals surface area contributed by atoms with Gasteiger partial charge in [0, 0.05) is 18.9 Å². The van der Waals surface area contributed by atoms with Gasteiger partial charge in [0.05, 0.1) is 6.20 Å². The second-order valence-corrected chi connectivity index (χ2v) is 3.25. The zero-order valence-electron chi connectivity index (χ0n) is 8.73. The van der Waals surface area contributed by atoms with Crippen LogP contribution in [0.15, 0.2) is 16.8 Å². The first-order valence-corrected chi connectivity index (χ1v) is 4.82. The molecule has 0 bridgehead atoms. The van der Waals surface area contributed by atoms with Crippen molar-refractivity contribution in [2.75, 3.05) is 5.32 Å². The van der Waals surface area contributed by atoms with Gasteiger partial charge in [-0.3, -0.25) is 9.89 Å². The van der Waals surface area contributed by atoms with Crippen molar-refractivity contribution >= 4 is 11.7 Å². The van der Waals surface area contributed by atoms with Gasteiger partial charge in [-0.1, -0.05) is 5.16 Å². The maximum atomic E-state index is 11.4. The number of anilines is 1. The SMILES string of the molecule is Cc1noc(CCC(=O)Nc2ccn[nH]2)n1. The number of H-pyrrole nitrogens is 1. The Hall–Kier alpha value is -2.18. The van der Waals surface area contributed by atoms with E-state index in [0.29, 0.717) is 30.4 Å². The summed E-state index contributed by atoms with van der Waals surface area (Å²) in [6.07, 6.45) is 2.29. The van der Waals surface area contributed by atoms with Crippen LogP contribution in [0.3, 0.4) is 0 Å². The Bertz CT molecular complexity index is 462. The van der Waals surface area contributed by atoms with Gasteiger partial charge < -0.3 is 9.84 Å². The van der Waals surface area contributed by atoms with Gasteiger partial charge in [0.1, 0.15) is 5.82 Å². The molecule has 0 spiro atoms. The van der Waals surface area contributed by atoms with Crippen molar-refractivity contribution in [1.82, 2.24) is 20.3 Å². The smallest absolute Gasteiger partial charge is 0.227 e. The van der Waals surface area contributed by atoms with Crippen molar-refractivity contribution < 1.29 is 9.32 Å². The lowest BCUT2D eigenvalue weighted by molar-refractivity contribution is -0.116. The minimum Gasteiger partial charge on any atom is -0.339 e. The highest BCUT2D eigenvalue weighted by atomic mass is 16.5. The molecule has 0 aliphatic carbocycles. The second-order valence-electron chi connectivity index (χ2n) is 3.25. The Labute approximate surface area is 91.2 Å². The van der Waals surface area contributed by atoms with Crippen LogP contribution in [0.4, 0.5) is 5.82 Å². The third kappa shape index (κ3) is 2.66. The molecule has 7 nitrogen and oxygen atoms in total. The highest BCUT2D eigenvalue weighted by Crippen LogP contribution is 2.03. The maximum Gasteiger partial charge on any atom is 0.227 e. The van der Waals surface area contributed by atoms with Crippen LogP contribution < -0.4 is 5.32 Å². The third-order valence-corrected chi connectivity index (χ3v) is 1.91. The molecule has 2 N–H and O–H groups in total. The average molecular weight is 221 g/mol. The van der Waals surface area contributed by atoms with Crippen LogP contribution in [0.5, 0.6) is 0 Å². The van der Waals surface area contributed by atoms with Crippen LogP contribution in [-0.2, 0) is 11.2 Å². The Morgan fingerprint density at radius 1 is 1.62 bits per heavy atom. The number of nitrogens with one attached hydrogen (secondary N) is 2. The monoisotopic (exact) mass is 221 g/mol. The molecule has 0 aliphatic rings. The van der Waals surface area contributed by atoms with Crippen molar-refractivity contribution in [3.8, 4) is 0 Å². The van der Waals surface area contributed by atoms with E-state index in [9.17, 15) is 4.79 Å². The van der Waals surface area contributed by atoms with Gasteiger partial charge in [-0.05, 0) is 6.92 Å². The van der Waals surface area contributed by atoms with Crippen molar-refractivity contribution in [3.63, 3.8) is 0 Å². The summed E-state index contributed by atoms with van der Waals surface area (Å²) in [5.41, 5.74) is 0. The summed E-state index contributed by atoms with van der Waals surface area (Å²) in [4.78, 5) is 15.4. The average Bonchev–Trinajstić information content (AvgIpc) is 2.87. The molecule has 16 heavy (non-hydrogen) atoms. The number of amides is 1. The van der Waals surface area contributed by atoms with E-state index < -0.39 is 0 Å². The topological polar surface area (TPSA) is 96.7 Å². The molecular weight excluding hydrogens is 210 g/mol. The van der Waals surface area contributed by atoms with Gasteiger partial charge >= 0.3 is 0 Å². The van der Waals surface area contributed by atoms with E-state index in [1.165, 1.54) is 0 Å². The molecule has 2 aromatic heterocycles. The molecule has 0 fully saturated rings. The molecule has 0 aromatic carbocycles. The highest BCUT2D eigenvalue weighted by molar-refractivity contribution is 5.89. The lowest BCUT2D eigenvalue weighted by Gasteiger charge is -1.99. The first kappa shape index (κ1) is 10.3. The van der Waals surface area contributed by atoms with E-state index in [0.717, 1.165) is 0 Å². The summed E-state index contributed by atoms with van der Waals surface area (Å²) < 4.78 is 4.89. The van der Waals surface area contributed by atoms with Gasteiger partial charge in [0.25, 0.3) is 0 Å². The fraction of sp³-hybridized carbons (Fsp3) is 0.333. The standard InChI is InChI=1S/C9H11N5O2/c1-6-11-9(16-14-6)3-2-8(15)12-7-4-5-10-13-7/h4-5H,2-3H2,1H3,(H2,10,12,13,15). The highest BCUT2D eigenvalue weighted by Gasteiger charge is 2.07. The summed E-state index contributed by atoms with van der Waals surface area (Å²) >= 11 is 0. The lowest BCUT2D eigenvalue weighted by Crippen LogP contribution is -2.12. The fourth-order valence-corrected chi connectivity index (χ4v) is 1.20. The van der Waals surface area contributed by atoms with Gasteiger partial charge in [-0.15, -0.1) is 0 Å². The molecule has 84 valence electrons. The van der Waals surface area contributed by atoms with E-state index in [2.05, 4.69) is 25.7 Å². The van der Waals surface area contributed by atoms with E-state index in [1.807, 2.05) is 0 Å². The van der Waals surface area contributed by atoms with Crippen LogP contribution in [-0.4, -0.2) is 26.2 Å². The molecule has 7 heteroatoms. The fourth-order valence-electron chi connectivity index (χ4n) is 1.20. The first-order chi connectivity index (χ1) is 7.74. The van der Waals surface area contributed by atoms with Crippen molar-refractivity contribution in [2.45, 2.75) is 19.8 Å². The maximum absolute atomic E-state index is 11.4. The van der Waals surface area contributed by atoms with E-state index in [4.69, 9.17) is 4.52 Å². The van der Waals surface area contributed by atoms with Crippen molar-refractivity contribution in [3.05, 3.63) is 24.0 Å². The number of aromatic amines is 1. The van der Waals surface area contributed by atoms with Crippen molar-refractivity contribution in [2.24, 2.45) is 0 Å². The molecule has 1 amide bonds. The van der Waals surface area contributed by atoms with E-state index in [-0.39, 0.29) is 5.91 Å². The molecule has 0 aliphatic heterocycles. The minimum atomic E-state index is -0.125. The van der Waals surface area contributed by atoms with Gasteiger partial charge in [0.15, 0.2) is 5.82 Å². The number of carbonyl (C=O) groups excluding carboxylic acids is 1.